The number of nitrogens with zero attached hydrogens (tertiary/aromatic N) is 1. The Labute approximate surface area is 120 Å². The summed E-state index contributed by atoms with van der Waals surface area (Å²) >= 11 is 0. The lowest BCUT2D eigenvalue weighted by Crippen LogP contribution is -2.24. The van der Waals surface area contributed by atoms with E-state index in [4.69, 9.17) is 0 Å². The van der Waals surface area contributed by atoms with Crippen LogP contribution < -0.4 is 5.32 Å². The van der Waals surface area contributed by atoms with Gasteiger partial charge in [0, 0.05) is 13.5 Å². The van der Waals surface area contributed by atoms with Gasteiger partial charge in [0.05, 0.1) is 30.3 Å². The molecule has 110 valence electrons. The van der Waals surface area contributed by atoms with E-state index in [1.807, 2.05) is 0 Å². The fourth-order valence-electron chi connectivity index (χ4n) is 2.04. The van der Waals surface area contributed by atoms with Crippen molar-refractivity contribution in [3.05, 3.63) is 29.3 Å². The molecule has 1 aliphatic heterocycles. The maximum Gasteiger partial charge on any atom is 0.306 e. The Bertz CT molecular complexity index is 638. The van der Waals surface area contributed by atoms with E-state index in [1.54, 1.807) is 12.1 Å². The molecule has 0 spiro atoms. The number of carbonyl (C=O) groups is 4. The number of ether oxygens (including phenoxy) is 1. The van der Waals surface area contributed by atoms with E-state index in [9.17, 15) is 19.2 Å². The van der Waals surface area contributed by atoms with E-state index in [0.29, 0.717) is 0 Å². The van der Waals surface area contributed by atoms with Crippen LogP contribution in [0.5, 0.6) is 0 Å². The van der Waals surface area contributed by atoms with Gasteiger partial charge in [0.1, 0.15) is 0 Å². The first-order valence-corrected chi connectivity index (χ1v) is 6.27. The van der Waals surface area contributed by atoms with E-state index in [1.165, 1.54) is 20.2 Å². The number of hydrogen-bond donors (Lipinski definition) is 1. The fourth-order valence-corrected chi connectivity index (χ4v) is 2.04. The molecular formula is C14H14N2O5. The number of fused-ring (bicyclic) bond motifs is 1. The molecule has 1 aromatic carbocycles. The quantitative estimate of drug-likeness (QED) is 0.654. The van der Waals surface area contributed by atoms with Crippen LogP contribution >= 0.6 is 0 Å². The predicted octanol–water partition coefficient (Wildman–Crippen LogP) is 0.804. The summed E-state index contributed by atoms with van der Waals surface area (Å²) in [7, 11) is 2.62. The van der Waals surface area contributed by atoms with Gasteiger partial charge < -0.3 is 10.1 Å². The van der Waals surface area contributed by atoms with Gasteiger partial charge in [0.15, 0.2) is 0 Å². The minimum Gasteiger partial charge on any atom is -0.469 e. The van der Waals surface area contributed by atoms with Crippen molar-refractivity contribution in [2.75, 3.05) is 19.5 Å². The summed E-state index contributed by atoms with van der Waals surface area (Å²) in [5.74, 6) is -1.78. The molecule has 0 bridgehead atoms. The predicted molar refractivity (Wildman–Crippen MR) is 72.7 cm³/mol. The van der Waals surface area contributed by atoms with Crippen LogP contribution in [0.15, 0.2) is 18.2 Å². The molecule has 7 heteroatoms. The second-order valence-electron chi connectivity index (χ2n) is 4.52. The van der Waals surface area contributed by atoms with Gasteiger partial charge >= 0.3 is 5.97 Å². The molecule has 21 heavy (non-hydrogen) atoms. The number of hydrogen-bond acceptors (Lipinski definition) is 5. The summed E-state index contributed by atoms with van der Waals surface area (Å²) in [6, 6.07) is 4.65. The molecule has 0 fully saturated rings. The Balaban J connectivity index is 2.16. The first-order valence-electron chi connectivity index (χ1n) is 6.27. The van der Waals surface area contributed by atoms with Crippen LogP contribution in [-0.4, -0.2) is 42.7 Å². The van der Waals surface area contributed by atoms with Gasteiger partial charge in [-0.05, 0) is 12.1 Å². The van der Waals surface area contributed by atoms with Crippen molar-refractivity contribution in [3.8, 4) is 0 Å². The Morgan fingerprint density at radius 1 is 1.19 bits per heavy atom. The average Bonchev–Trinajstić information content (AvgIpc) is 2.70. The third-order valence-corrected chi connectivity index (χ3v) is 3.18. The molecule has 7 nitrogen and oxygen atoms in total. The van der Waals surface area contributed by atoms with Crippen molar-refractivity contribution in [1.29, 1.82) is 0 Å². The third-order valence-electron chi connectivity index (χ3n) is 3.18. The number of benzene rings is 1. The highest BCUT2D eigenvalue weighted by Crippen LogP contribution is 2.28. The van der Waals surface area contributed by atoms with E-state index in [-0.39, 0.29) is 29.7 Å². The van der Waals surface area contributed by atoms with Crippen LogP contribution in [0, 0.1) is 0 Å². The summed E-state index contributed by atoms with van der Waals surface area (Å²) in [5.41, 5.74) is 0.703. The zero-order valence-corrected chi connectivity index (χ0v) is 11.6. The molecule has 1 heterocycles. The van der Waals surface area contributed by atoms with Crippen molar-refractivity contribution in [3.63, 3.8) is 0 Å². The molecule has 0 saturated carbocycles. The lowest BCUT2D eigenvalue weighted by Gasteiger charge is -2.08. The average molecular weight is 290 g/mol. The molecule has 1 aromatic rings. The molecule has 1 N–H and O–H groups in total. The van der Waals surface area contributed by atoms with Gasteiger partial charge in [-0.2, -0.15) is 0 Å². The summed E-state index contributed by atoms with van der Waals surface area (Å²) in [4.78, 5) is 47.6. The molecule has 0 unspecified atom stereocenters. The van der Waals surface area contributed by atoms with Crippen molar-refractivity contribution < 1.29 is 23.9 Å². The lowest BCUT2D eigenvalue weighted by molar-refractivity contribution is -0.141. The SMILES string of the molecule is COC(=O)CCC(=O)Nc1cccc2c1C(=O)N(C)C2=O. The number of carbonyl (C=O) groups excluding carboxylic acids is 4. The minimum absolute atomic E-state index is 0.0515. The van der Waals surface area contributed by atoms with Gasteiger partial charge in [-0.1, -0.05) is 6.07 Å². The largest absolute Gasteiger partial charge is 0.469 e. The molecular weight excluding hydrogens is 276 g/mol. The van der Waals surface area contributed by atoms with Gasteiger partial charge in [0.25, 0.3) is 11.8 Å². The molecule has 0 aliphatic carbocycles. The van der Waals surface area contributed by atoms with Gasteiger partial charge in [-0.3, -0.25) is 24.1 Å². The number of imide groups is 1. The Kier molecular flexibility index (Phi) is 4.02. The van der Waals surface area contributed by atoms with E-state index >= 15 is 0 Å². The number of anilines is 1. The Hall–Kier alpha value is -2.70. The van der Waals surface area contributed by atoms with Crippen molar-refractivity contribution in [1.82, 2.24) is 4.90 Å². The third kappa shape index (κ3) is 2.76. The van der Waals surface area contributed by atoms with Crippen LogP contribution in [0.1, 0.15) is 33.6 Å². The highest BCUT2D eigenvalue weighted by Gasteiger charge is 2.35. The van der Waals surface area contributed by atoms with Gasteiger partial charge in [-0.25, -0.2) is 0 Å². The zero-order chi connectivity index (χ0) is 15.6. The molecule has 0 saturated heterocycles. The Morgan fingerprint density at radius 2 is 1.90 bits per heavy atom. The summed E-state index contributed by atoms with van der Waals surface area (Å²) in [6.07, 6.45) is -0.113. The summed E-state index contributed by atoms with van der Waals surface area (Å²) < 4.78 is 4.45. The second-order valence-corrected chi connectivity index (χ2v) is 4.52. The number of rotatable bonds is 4. The molecule has 0 radical (unpaired) electrons. The van der Waals surface area contributed by atoms with E-state index in [0.717, 1.165) is 4.90 Å². The maximum absolute atomic E-state index is 12.0. The smallest absolute Gasteiger partial charge is 0.306 e. The van der Waals surface area contributed by atoms with Gasteiger partial charge in [-0.15, -0.1) is 0 Å². The van der Waals surface area contributed by atoms with E-state index in [2.05, 4.69) is 10.1 Å². The monoisotopic (exact) mass is 290 g/mol. The zero-order valence-electron chi connectivity index (χ0n) is 11.6. The van der Waals surface area contributed by atoms with Crippen LogP contribution in [0.3, 0.4) is 0 Å². The fraction of sp³-hybridized carbons (Fsp3) is 0.286. The van der Waals surface area contributed by atoms with Crippen LogP contribution in [0.2, 0.25) is 0 Å². The van der Waals surface area contributed by atoms with Crippen molar-refractivity contribution >= 4 is 29.4 Å². The number of amides is 3. The minimum atomic E-state index is -0.491. The number of methoxy groups -OCH3 is 1. The lowest BCUT2D eigenvalue weighted by atomic mass is 10.1. The summed E-state index contributed by atoms with van der Waals surface area (Å²) in [5, 5.41) is 2.55. The normalized spacial score (nSPS) is 13.1. The first-order chi connectivity index (χ1) is 9.95. The van der Waals surface area contributed by atoms with Crippen molar-refractivity contribution in [2.24, 2.45) is 0 Å². The maximum atomic E-state index is 12.0. The standard InChI is InChI=1S/C14H14N2O5/c1-16-13(19)8-4-3-5-9(12(8)14(16)20)15-10(17)6-7-11(18)21-2/h3-5H,6-7H2,1-2H3,(H,15,17). The molecule has 0 aromatic heterocycles. The molecule has 0 atom stereocenters. The van der Waals surface area contributed by atoms with Gasteiger partial charge in [0.2, 0.25) is 5.91 Å². The molecule has 1 aliphatic rings. The molecule has 2 rings (SSSR count). The Morgan fingerprint density at radius 3 is 2.57 bits per heavy atom. The number of esters is 1. The van der Waals surface area contributed by atoms with Crippen LogP contribution in [-0.2, 0) is 14.3 Å². The van der Waals surface area contributed by atoms with Crippen LogP contribution in [0.4, 0.5) is 5.69 Å². The first kappa shape index (κ1) is 14.7. The second kappa shape index (κ2) is 5.74. The summed E-state index contributed by atoms with van der Waals surface area (Å²) in [6.45, 7) is 0. The highest BCUT2D eigenvalue weighted by molar-refractivity contribution is 6.24. The highest BCUT2D eigenvalue weighted by atomic mass is 16.5. The van der Waals surface area contributed by atoms with Crippen LogP contribution in [0.25, 0.3) is 0 Å². The van der Waals surface area contributed by atoms with Crippen molar-refractivity contribution in [2.45, 2.75) is 12.8 Å². The number of nitrogens with one attached hydrogen (secondary N) is 1. The topological polar surface area (TPSA) is 92.8 Å². The molecule has 3 amide bonds. The van der Waals surface area contributed by atoms with E-state index < -0.39 is 23.7 Å².